The topological polar surface area (TPSA) is 44.5 Å². The lowest BCUT2D eigenvalue weighted by Crippen LogP contribution is -2.22. The molecule has 96 valence electrons. The predicted octanol–water partition coefficient (Wildman–Crippen LogP) is 2.86. The van der Waals surface area contributed by atoms with Gasteiger partial charge in [0.05, 0.1) is 19.3 Å². The van der Waals surface area contributed by atoms with E-state index >= 15 is 0 Å². The number of benzene rings is 1. The van der Waals surface area contributed by atoms with Crippen molar-refractivity contribution in [2.24, 2.45) is 5.73 Å². The molecule has 17 heavy (non-hydrogen) atoms. The quantitative estimate of drug-likeness (QED) is 0.827. The Balaban J connectivity index is 2.81. The molecule has 0 aliphatic carbocycles. The van der Waals surface area contributed by atoms with Gasteiger partial charge in [-0.15, -0.1) is 0 Å². The fourth-order valence-electron chi connectivity index (χ4n) is 1.45. The van der Waals surface area contributed by atoms with E-state index in [2.05, 4.69) is 20.8 Å². The van der Waals surface area contributed by atoms with Crippen LogP contribution in [0.25, 0.3) is 0 Å². The number of ether oxygens (including phenoxy) is 2. The average Bonchev–Trinajstić information content (AvgIpc) is 2.36. The molecule has 1 aromatic carbocycles. The van der Waals surface area contributed by atoms with Gasteiger partial charge in [-0.05, 0) is 38.0 Å². The van der Waals surface area contributed by atoms with E-state index in [9.17, 15) is 0 Å². The molecule has 2 N–H and O–H groups in total. The van der Waals surface area contributed by atoms with Crippen molar-refractivity contribution in [3.63, 3.8) is 0 Å². The Hall–Kier alpha value is -1.06. The van der Waals surface area contributed by atoms with Crippen LogP contribution in [0.15, 0.2) is 18.2 Å². The second-order valence-corrected chi connectivity index (χ2v) is 4.75. The third kappa shape index (κ3) is 4.02. The van der Waals surface area contributed by atoms with Gasteiger partial charge in [-0.2, -0.15) is 0 Å². The zero-order valence-electron chi connectivity index (χ0n) is 11.2. The third-order valence-corrected chi connectivity index (χ3v) is 3.05. The summed E-state index contributed by atoms with van der Waals surface area (Å²) in [6, 6.07) is 5.97. The van der Waals surface area contributed by atoms with Gasteiger partial charge in [0.2, 0.25) is 0 Å². The van der Waals surface area contributed by atoms with E-state index in [1.165, 1.54) is 0 Å². The highest BCUT2D eigenvalue weighted by Crippen LogP contribution is 2.24. The van der Waals surface area contributed by atoms with Gasteiger partial charge in [-0.3, -0.25) is 0 Å². The van der Waals surface area contributed by atoms with Crippen molar-refractivity contribution in [2.45, 2.75) is 45.9 Å². The predicted molar refractivity (Wildman–Crippen MR) is 70.0 cm³/mol. The largest absolute Gasteiger partial charge is 0.496 e. The van der Waals surface area contributed by atoms with Gasteiger partial charge in [0, 0.05) is 12.1 Å². The Kier molecular flexibility index (Phi) is 4.97. The van der Waals surface area contributed by atoms with Gasteiger partial charge in [0.1, 0.15) is 5.75 Å². The number of rotatable bonds is 6. The molecule has 0 saturated heterocycles. The second kappa shape index (κ2) is 6.03. The molecule has 0 bridgehead atoms. The zero-order chi connectivity index (χ0) is 12.9. The normalized spacial score (nSPS) is 11.6. The van der Waals surface area contributed by atoms with Crippen LogP contribution in [0.3, 0.4) is 0 Å². The summed E-state index contributed by atoms with van der Waals surface area (Å²) in [6.45, 7) is 7.39. The molecule has 0 heterocycles. The Bertz CT molecular complexity index is 361. The van der Waals surface area contributed by atoms with Crippen LogP contribution in [-0.2, 0) is 17.9 Å². The molecule has 0 aliphatic heterocycles. The maximum atomic E-state index is 5.89. The molecule has 0 radical (unpaired) electrons. The summed E-state index contributed by atoms with van der Waals surface area (Å²) in [5.41, 5.74) is 7.68. The minimum atomic E-state index is -0.107. The maximum absolute atomic E-state index is 5.89. The van der Waals surface area contributed by atoms with E-state index in [0.717, 1.165) is 23.3 Å². The second-order valence-electron chi connectivity index (χ2n) is 4.75. The molecule has 0 spiro atoms. The van der Waals surface area contributed by atoms with E-state index in [1.54, 1.807) is 7.11 Å². The van der Waals surface area contributed by atoms with E-state index < -0.39 is 0 Å². The molecule has 0 saturated carbocycles. The van der Waals surface area contributed by atoms with E-state index in [-0.39, 0.29) is 5.60 Å². The zero-order valence-corrected chi connectivity index (χ0v) is 11.2. The van der Waals surface area contributed by atoms with Crippen molar-refractivity contribution in [1.29, 1.82) is 0 Å². The van der Waals surface area contributed by atoms with Crippen LogP contribution in [0.5, 0.6) is 5.75 Å². The van der Waals surface area contributed by atoms with Crippen LogP contribution < -0.4 is 10.5 Å². The van der Waals surface area contributed by atoms with Crippen molar-refractivity contribution >= 4 is 0 Å². The number of hydrogen-bond donors (Lipinski definition) is 1. The lowest BCUT2D eigenvalue weighted by Gasteiger charge is -2.24. The highest BCUT2D eigenvalue weighted by Gasteiger charge is 2.16. The van der Waals surface area contributed by atoms with Crippen LogP contribution in [0, 0.1) is 0 Å². The smallest absolute Gasteiger partial charge is 0.124 e. The molecule has 1 aromatic rings. The summed E-state index contributed by atoms with van der Waals surface area (Å²) in [6.07, 6.45) is 0.978. The average molecular weight is 237 g/mol. The summed E-state index contributed by atoms with van der Waals surface area (Å²) in [4.78, 5) is 0. The first-order chi connectivity index (χ1) is 8.02. The lowest BCUT2D eigenvalue weighted by molar-refractivity contribution is -0.0322. The third-order valence-electron chi connectivity index (χ3n) is 3.05. The van der Waals surface area contributed by atoms with Crippen molar-refractivity contribution in [2.75, 3.05) is 7.11 Å². The van der Waals surface area contributed by atoms with Crippen LogP contribution in [0.2, 0.25) is 0 Å². The van der Waals surface area contributed by atoms with Crippen LogP contribution in [0.4, 0.5) is 0 Å². The fourth-order valence-corrected chi connectivity index (χ4v) is 1.45. The van der Waals surface area contributed by atoms with E-state index in [0.29, 0.717) is 13.2 Å². The maximum Gasteiger partial charge on any atom is 0.124 e. The van der Waals surface area contributed by atoms with Crippen molar-refractivity contribution < 1.29 is 9.47 Å². The van der Waals surface area contributed by atoms with Crippen LogP contribution >= 0.6 is 0 Å². The van der Waals surface area contributed by atoms with Gasteiger partial charge < -0.3 is 15.2 Å². The highest BCUT2D eigenvalue weighted by atomic mass is 16.5. The standard InChI is InChI=1S/C14H23NO2/c1-5-14(2,3)17-10-12-8-11(9-15)6-7-13(12)16-4/h6-8H,5,9-10,15H2,1-4H3. The summed E-state index contributed by atoms with van der Waals surface area (Å²) in [5.74, 6) is 0.856. The minimum absolute atomic E-state index is 0.107. The number of nitrogens with two attached hydrogens (primary N) is 1. The molecule has 0 aromatic heterocycles. The van der Waals surface area contributed by atoms with Gasteiger partial charge >= 0.3 is 0 Å². The number of methoxy groups -OCH3 is 1. The molecule has 0 amide bonds. The van der Waals surface area contributed by atoms with Gasteiger partial charge in [-0.25, -0.2) is 0 Å². The Labute approximate surface area is 104 Å². The van der Waals surface area contributed by atoms with Crippen LogP contribution in [-0.4, -0.2) is 12.7 Å². The lowest BCUT2D eigenvalue weighted by atomic mass is 10.1. The molecule has 0 unspecified atom stereocenters. The summed E-state index contributed by atoms with van der Waals surface area (Å²) in [7, 11) is 1.67. The van der Waals surface area contributed by atoms with E-state index in [1.807, 2.05) is 18.2 Å². The first kappa shape index (κ1) is 14.0. The van der Waals surface area contributed by atoms with Crippen molar-refractivity contribution in [3.8, 4) is 5.75 Å². The monoisotopic (exact) mass is 237 g/mol. The molecule has 3 heteroatoms. The molecule has 1 rings (SSSR count). The molecule has 0 aliphatic rings. The summed E-state index contributed by atoms with van der Waals surface area (Å²) < 4.78 is 11.2. The first-order valence-corrected chi connectivity index (χ1v) is 6.02. The molecular formula is C14H23NO2. The highest BCUT2D eigenvalue weighted by molar-refractivity contribution is 5.36. The Morgan fingerprint density at radius 1 is 1.29 bits per heavy atom. The Morgan fingerprint density at radius 3 is 2.53 bits per heavy atom. The van der Waals surface area contributed by atoms with Gasteiger partial charge in [0.25, 0.3) is 0 Å². The van der Waals surface area contributed by atoms with Gasteiger partial charge in [0.15, 0.2) is 0 Å². The molecule has 3 nitrogen and oxygen atoms in total. The van der Waals surface area contributed by atoms with Crippen molar-refractivity contribution in [1.82, 2.24) is 0 Å². The minimum Gasteiger partial charge on any atom is -0.496 e. The van der Waals surface area contributed by atoms with Gasteiger partial charge in [-0.1, -0.05) is 13.0 Å². The first-order valence-electron chi connectivity index (χ1n) is 6.02. The Morgan fingerprint density at radius 2 is 2.00 bits per heavy atom. The summed E-state index contributed by atoms with van der Waals surface area (Å²) in [5, 5.41) is 0. The van der Waals surface area contributed by atoms with Crippen LogP contribution in [0.1, 0.15) is 38.3 Å². The number of hydrogen-bond acceptors (Lipinski definition) is 3. The molecule has 0 fully saturated rings. The summed E-state index contributed by atoms with van der Waals surface area (Å²) >= 11 is 0. The molecule has 0 atom stereocenters. The van der Waals surface area contributed by atoms with Crippen molar-refractivity contribution in [3.05, 3.63) is 29.3 Å². The SMILES string of the molecule is CCC(C)(C)OCc1cc(CN)ccc1OC. The van der Waals surface area contributed by atoms with E-state index in [4.69, 9.17) is 15.2 Å². The molecular weight excluding hydrogens is 214 g/mol. The fraction of sp³-hybridized carbons (Fsp3) is 0.571.